The number of esters is 1. The van der Waals surface area contributed by atoms with Crippen LogP contribution in [-0.4, -0.2) is 58.1 Å². The summed E-state index contributed by atoms with van der Waals surface area (Å²) in [6.07, 6.45) is 7.60. The first kappa shape index (κ1) is 21.0. The maximum Gasteiger partial charge on any atom is 0.341 e. The Morgan fingerprint density at radius 1 is 1.09 bits per heavy atom. The molecule has 0 N–H and O–H groups in total. The Morgan fingerprint density at radius 3 is 2.72 bits per heavy atom. The lowest BCUT2D eigenvalue weighted by molar-refractivity contribution is 0.0485. The van der Waals surface area contributed by atoms with Crippen molar-refractivity contribution < 1.29 is 19.1 Å². The molecule has 7 nitrogen and oxygen atoms in total. The Morgan fingerprint density at radius 2 is 1.91 bits per heavy atom. The number of piperidine rings is 1. The number of hydrogen-bond donors (Lipinski definition) is 0. The number of fused-ring (bicyclic) bond motifs is 4. The highest BCUT2D eigenvalue weighted by atomic mass is 79.9. The minimum atomic E-state index is -0.585. The van der Waals surface area contributed by atoms with Gasteiger partial charge < -0.3 is 14.0 Å². The van der Waals surface area contributed by atoms with E-state index in [9.17, 15) is 14.4 Å². The lowest BCUT2D eigenvalue weighted by Gasteiger charge is -2.26. The molecule has 0 saturated carbocycles. The number of rotatable bonds is 5. The fraction of sp³-hybridized carbons (Fsp3) is 0.333. The minimum absolute atomic E-state index is 0.0923. The number of pyridine rings is 2. The lowest BCUT2D eigenvalue weighted by atomic mass is 9.89. The second-order valence-electron chi connectivity index (χ2n) is 8.15. The van der Waals surface area contributed by atoms with Crippen LogP contribution in [0.1, 0.15) is 68.1 Å². The zero-order valence-electron chi connectivity index (χ0n) is 17.5. The van der Waals surface area contributed by atoms with E-state index in [2.05, 4.69) is 25.8 Å². The summed E-state index contributed by atoms with van der Waals surface area (Å²) in [7, 11) is 0. The molecule has 164 valence electrons. The minimum Gasteiger partial charge on any atom is -0.462 e. The summed E-state index contributed by atoms with van der Waals surface area (Å²) < 4.78 is 7.89. The number of nitrogens with zero attached hydrogens (tertiary/aromatic N) is 3. The van der Waals surface area contributed by atoms with Gasteiger partial charge in [0, 0.05) is 23.4 Å². The molecule has 5 rings (SSSR count). The van der Waals surface area contributed by atoms with E-state index in [4.69, 9.17) is 4.74 Å². The molecule has 1 aliphatic heterocycles. The largest absolute Gasteiger partial charge is 0.462 e. The smallest absolute Gasteiger partial charge is 0.341 e. The molecule has 8 heteroatoms. The molecule has 32 heavy (non-hydrogen) atoms. The average Bonchev–Trinajstić information content (AvgIpc) is 3.15. The SMILES string of the molecule is O=C1c2cccnc2C(=O)c2c1c(C(=O)OCCCN1CCCCC1)c1ccc(Br)cn21. The normalized spacial score (nSPS) is 16.2. The summed E-state index contributed by atoms with van der Waals surface area (Å²) in [4.78, 5) is 46.2. The second kappa shape index (κ2) is 8.60. The Kier molecular flexibility index (Phi) is 5.65. The standard InChI is InChI=1S/C24H22BrN3O4/c25-15-7-8-17-18(24(31)32-13-5-12-27-10-2-1-3-11-27)19-21(28(17)14-15)23(30)20-16(22(19)29)6-4-9-26-20/h4,6-9,14H,1-3,5,10-13H2. The summed E-state index contributed by atoms with van der Waals surface area (Å²) in [5.41, 5.74) is 1.16. The molecule has 0 radical (unpaired) electrons. The van der Waals surface area contributed by atoms with Crippen molar-refractivity contribution in [3.8, 4) is 0 Å². The van der Waals surface area contributed by atoms with Crippen LogP contribution < -0.4 is 0 Å². The number of likely N-dealkylation sites (tertiary alicyclic amines) is 1. The monoisotopic (exact) mass is 495 g/mol. The molecule has 0 amide bonds. The van der Waals surface area contributed by atoms with Gasteiger partial charge in [0.2, 0.25) is 5.78 Å². The number of carbonyl (C=O) groups is 3. The van der Waals surface area contributed by atoms with Crippen molar-refractivity contribution in [3.05, 3.63) is 69.2 Å². The van der Waals surface area contributed by atoms with E-state index in [-0.39, 0.29) is 46.3 Å². The number of halogens is 1. The molecular weight excluding hydrogens is 474 g/mol. The van der Waals surface area contributed by atoms with Gasteiger partial charge in [-0.25, -0.2) is 4.79 Å². The number of carbonyl (C=O) groups excluding carboxylic acids is 3. The van der Waals surface area contributed by atoms with Crippen molar-refractivity contribution in [1.82, 2.24) is 14.3 Å². The van der Waals surface area contributed by atoms with Gasteiger partial charge in [0.05, 0.1) is 28.8 Å². The van der Waals surface area contributed by atoms with Crippen molar-refractivity contribution in [2.45, 2.75) is 25.7 Å². The van der Waals surface area contributed by atoms with Crippen molar-refractivity contribution in [3.63, 3.8) is 0 Å². The van der Waals surface area contributed by atoms with Gasteiger partial charge in [0.1, 0.15) is 11.4 Å². The first-order valence-corrected chi connectivity index (χ1v) is 11.6. The molecule has 3 aromatic rings. The Bertz CT molecular complexity index is 1240. The summed E-state index contributed by atoms with van der Waals surface area (Å²) in [5, 5.41) is 0. The van der Waals surface area contributed by atoms with Gasteiger partial charge in [-0.05, 0) is 72.5 Å². The molecule has 1 fully saturated rings. The van der Waals surface area contributed by atoms with Crippen molar-refractivity contribution >= 4 is 39.0 Å². The van der Waals surface area contributed by atoms with E-state index in [1.165, 1.54) is 25.5 Å². The predicted octanol–water partition coefficient (Wildman–Crippen LogP) is 3.91. The number of ether oxygens (including phenoxy) is 1. The maximum absolute atomic E-state index is 13.3. The van der Waals surface area contributed by atoms with Crippen LogP contribution in [0.25, 0.3) is 5.52 Å². The third kappa shape index (κ3) is 3.57. The highest BCUT2D eigenvalue weighted by molar-refractivity contribution is 9.10. The molecule has 1 aliphatic carbocycles. The highest BCUT2D eigenvalue weighted by Gasteiger charge is 2.39. The van der Waals surface area contributed by atoms with Crippen LogP contribution in [0.15, 0.2) is 41.1 Å². The van der Waals surface area contributed by atoms with E-state index in [0.29, 0.717) is 5.52 Å². The van der Waals surface area contributed by atoms with Crippen LogP contribution in [0.4, 0.5) is 0 Å². The van der Waals surface area contributed by atoms with Gasteiger partial charge in [-0.2, -0.15) is 0 Å². The first-order chi connectivity index (χ1) is 15.6. The van der Waals surface area contributed by atoms with Gasteiger partial charge in [-0.3, -0.25) is 14.6 Å². The van der Waals surface area contributed by atoms with Crippen molar-refractivity contribution in [2.24, 2.45) is 0 Å². The third-order valence-electron chi connectivity index (χ3n) is 6.11. The molecule has 1 saturated heterocycles. The number of hydrogen-bond acceptors (Lipinski definition) is 6. The zero-order chi connectivity index (χ0) is 22.2. The molecule has 4 heterocycles. The quantitative estimate of drug-likeness (QED) is 0.308. The van der Waals surface area contributed by atoms with E-state index in [1.807, 2.05) is 0 Å². The van der Waals surface area contributed by atoms with Crippen molar-refractivity contribution in [1.29, 1.82) is 0 Å². The number of ketones is 2. The fourth-order valence-electron chi connectivity index (χ4n) is 4.61. The van der Waals surface area contributed by atoms with E-state index >= 15 is 0 Å². The first-order valence-electron chi connectivity index (χ1n) is 10.8. The molecule has 0 bridgehead atoms. The predicted molar refractivity (Wildman–Crippen MR) is 121 cm³/mol. The second-order valence-corrected chi connectivity index (χ2v) is 9.07. The van der Waals surface area contributed by atoms with Crippen LogP contribution in [0.3, 0.4) is 0 Å². The Hall–Kier alpha value is -2.84. The Labute approximate surface area is 193 Å². The Balaban J connectivity index is 1.47. The van der Waals surface area contributed by atoms with Crippen LogP contribution in [0.2, 0.25) is 0 Å². The van der Waals surface area contributed by atoms with E-state index in [0.717, 1.165) is 30.5 Å². The number of aromatic nitrogens is 2. The molecule has 0 atom stereocenters. The molecule has 0 spiro atoms. The van der Waals surface area contributed by atoms with Gasteiger partial charge in [0.25, 0.3) is 0 Å². The van der Waals surface area contributed by atoms with Crippen LogP contribution in [0.5, 0.6) is 0 Å². The summed E-state index contributed by atoms with van der Waals surface area (Å²) in [5.74, 6) is -1.35. The fourth-order valence-corrected chi connectivity index (χ4v) is 4.94. The molecule has 3 aromatic heterocycles. The van der Waals surface area contributed by atoms with Crippen LogP contribution in [0, 0.1) is 0 Å². The average molecular weight is 496 g/mol. The van der Waals surface area contributed by atoms with Gasteiger partial charge in [-0.15, -0.1) is 0 Å². The summed E-state index contributed by atoms with van der Waals surface area (Å²) >= 11 is 3.41. The lowest BCUT2D eigenvalue weighted by Crippen LogP contribution is -2.31. The van der Waals surface area contributed by atoms with Gasteiger partial charge in [0.15, 0.2) is 5.78 Å². The van der Waals surface area contributed by atoms with Gasteiger partial charge in [-0.1, -0.05) is 6.42 Å². The van der Waals surface area contributed by atoms with E-state index < -0.39 is 5.97 Å². The molecule has 2 aliphatic rings. The topological polar surface area (TPSA) is 81.0 Å². The highest BCUT2D eigenvalue weighted by Crippen LogP contribution is 2.34. The van der Waals surface area contributed by atoms with Crippen molar-refractivity contribution in [2.75, 3.05) is 26.2 Å². The molecule has 0 aromatic carbocycles. The van der Waals surface area contributed by atoms with Crippen LogP contribution in [-0.2, 0) is 4.74 Å². The van der Waals surface area contributed by atoms with E-state index in [1.54, 1.807) is 34.9 Å². The summed E-state index contributed by atoms with van der Waals surface area (Å²) in [6.45, 7) is 3.32. The zero-order valence-corrected chi connectivity index (χ0v) is 19.1. The van der Waals surface area contributed by atoms with Gasteiger partial charge >= 0.3 is 5.97 Å². The summed E-state index contributed by atoms with van der Waals surface area (Å²) in [6, 6.07) is 6.66. The molecular formula is C24H22BrN3O4. The van der Waals surface area contributed by atoms with Crippen LogP contribution >= 0.6 is 15.9 Å². The molecule has 0 unspecified atom stereocenters. The third-order valence-corrected chi connectivity index (χ3v) is 6.58. The maximum atomic E-state index is 13.3.